The summed E-state index contributed by atoms with van der Waals surface area (Å²) in [6.45, 7) is 4.76. The summed E-state index contributed by atoms with van der Waals surface area (Å²) in [5.74, 6) is 0.225. The van der Waals surface area contributed by atoms with E-state index in [4.69, 9.17) is 4.74 Å². The maximum atomic E-state index is 13.1. The Balaban J connectivity index is 1.97. The fourth-order valence-electron chi connectivity index (χ4n) is 3.29. The van der Waals surface area contributed by atoms with Gasteiger partial charge in [-0.25, -0.2) is 16.8 Å². The second-order valence-electron chi connectivity index (χ2n) is 7.07. The maximum absolute atomic E-state index is 13.1. The molecule has 2 aromatic rings. The summed E-state index contributed by atoms with van der Waals surface area (Å²) < 4.78 is 62.2. The molecule has 1 N–H and O–H groups in total. The average Bonchev–Trinajstić information content (AvgIpc) is 2.71. The SMILES string of the molecule is CCOc1ccc(Br)cc1S(=O)(=O)Nc1cc(S(=O)(=O)N2CCCCC2)ccc1C. The fraction of sp³-hybridized carbons (Fsp3) is 0.400. The molecule has 30 heavy (non-hydrogen) atoms. The smallest absolute Gasteiger partial charge is 0.265 e. The summed E-state index contributed by atoms with van der Waals surface area (Å²) in [4.78, 5) is 0.0504. The van der Waals surface area contributed by atoms with Crippen LogP contribution in [-0.2, 0) is 20.0 Å². The molecule has 0 radical (unpaired) electrons. The van der Waals surface area contributed by atoms with E-state index in [0.29, 0.717) is 29.7 Å². The molecule has 1 aliphatic rings. The zero-order valence-electron chi connectivity index (χ0n) is 16.9. The van der Waals surface area contributed by atoms with Crippen molar-refractivity contribution in [2.75, 3.05) is 24.4 Å². The molecule has 0 bridgehead atoms. The molecule has 1 aliphatic heterocycles. The van der Waals surface area contributed by atoms with Gasteiger partial charge < -0.3 is 4.74 Å². The highest BCUT2D eigenvalue weighted by molar-refractivity contribution is 9.10. The largest absolute Gasteiger partial charge is 0.492 e. The summed E-state index contributed by atoms with van der Waals surface area (Å²) in [5.41, 5.74) is 0.833. The number of halogens is 1. The van der Waals surface area contributed by atoms with Crippen LogP contribution in [0.4, 0.5) is 5.69 Å². The molecule has 10 heteroatoms. The number of hydrogen-bond acceptors (Lipinski definition) is 5. The van der Waals surface area contributed by atoms with Crippen molar-refractivity contribution in [2.45, 2.75) is 42.9 Å². The van der Waals surface area contributed by atoms with Crippen LogP contribution < -0.4 is 9.46 Å². The zero-order chi connectivity index (χ0) is 21.9. The molecule has 1 fully saturated rings. The van der Waals surface area contributed by atoms with E-state index in [-0.39, 0.29) is 21.2 Å². The number of piperidine rings is 1. The van der Waals surface area contributed by atoms with Crippen LogP contribution in [0, 0.1) is 6.92 Å². The fourth-order valence-corrected chi connectivity index (χ4v) is 6.64. The summed E-state index contributed by atoms with van der Waals surface area (Å²) in [6, 6.07) is 9.24. The second-order valence-corrected chi connectivity index (χ2v) is 11.6. The highest BCUT2D eigenvalue weighted by Crippen LogP contribution is 2.31. The number of sulfonamides is 2. The van der Waals surface area contributed by atoms with Gasteiger partial charge in [0.2, 0.25) is 10.0 Å². The van der Waals surface area contributed by atoms with E-state index < -0.39 is 20.0 Å². The van der Waals surface area contributed by atoms with Gasteiger partial charge >= 0.3 is 0 Å². The van der Waals surface area contributed by atoms with Crippen LogP contribution in [0.25, 0.3) is 0 Å². The Morgan fingerprint density at radius 2 is 1.73 bits per heavy atom. The van der Waals surface area contributed by atoms with E-state index in [9.17, 15) is 16.8 Å². The number of nitrogens with zero attached hydrogens (tertiary/aromatic N) is 1. The molecular weight excluding hydrogens is 492 g/mol. The van der Waals surface area contributed by atoms with Gasteiger partial charge in [0.05, 0.1) is 17.2 Å². The molecule has 3 rings (SSSR count). The Kier molecular flexibility index (Phi) is 7.11. The van der Waals surface area contributed by atoms with Crippen molar-refractivity contribution in [1.29, 1.82) is 0 Å². The van der Waals surface area contributed by atoms with Crippen molar-refractivity contribution in [3.8, 4) is 5.75 Å². The van der Waals surface area contributed by atoms with Crippen LogP contribution in [0.15, 0.2) is 50.7 Å². The highest BCUT2D eigenvalue weighted by atomic mass is 79.9. The summed E-state index contributed by atoms with van der Waals surface area (Å²) in [6.07, 6.45) is 2.67. The van der Waals surface area contributed by atoms with Gasteiger partial charge in [-0.2, -0.15) is 4.31 Å². The minimum atomic E-state index is -4.01. The van der Waals surface area contributed by atoms with Crippen LogP contribution in [0.2, 0.25) is 0 Å². The summed E-state index contributed by atoms with van der Waals surface area (Å²) in [7, 11) is -7.69. The van der Waals surface area contributed by atoms with Gasteiger partial charge in [0.25, 0.3) is 10.0 Å². The maximum Gasteiger partial charge on any atom is 0.265 e. The lowest BCUT2D eigenvalue weighted by molar-refractivity contribution is 0.331. The van der Waals surface area contributed by atoms with Gasteiger partial charge in [0.1, 0.15) is 10.6 Å². The van der Waals surface area contributed by atoms with Crippen LogP contribution in [0.3, 0.4) is 0 Å². The lowest BCUT2D eigenvalue weighted by Crippen LogP contribution is -2.35. The third-order valence-electron chi connectivity index (χ3n) is 4.90. The average molecular weight is 517 g/mol. The molecule has 0 aromatic heterocycles. The number of benzene rings is 2. The zero-order valence-corrected chi connectivity index (χ0v) is 20.1. The van der Waals surface area contributed by atoms with E-state index in [1.165, 1.54) is 22.5 Å². The number of nitrogens with one attached hydrogen (secondary N) is 1. The molecule has 0 aliphatic carbocycles. The molecule has 0 spiro atoms. The van der Waals surface area contributed by atoms with Crippen LogP contribution >= 0.6 is 15.9 Å². The number of anilines is 1. The van der Waals surface area contributed by atoms with Crippen molar-refractivity contribution in [3.63, 3.8) is 0 Å². The first-order valence-corrected chi connectivity index (χ1v) is 13.4. The predicted octanol–water partition coefficient (Wildman–Crippen LogP) is 4.13. The Morgan fingerprint density at radius 1 is 1.03 bits per heavy atom. The van der Waals surface area contributed by atoms with Crippen molar-refractivity contribution in [1.82, 2.24) is 4.31 Å². The van der Waals surface area contributed by atoms with E-state index >= 15 is 0 Å². The Labute approximate surface area is 186 Å². The van der Waals surface area contributed by atoms with Gasteiger partial charge in [-0.05, 0) is 62.6 Å². The second kappa shape index (κ2) is 9.25. The molecule has 7 nitrogen and oxygen atoms in total. The van der Waals surface area contributed by atoms with Crippen molar-refractivity contribution >= 4 is 41.7 Å². The summed E-state index contributed by atoms with van der Waals surface area (Å²) >= 11 is 3.29. The first kappa shape index (κ1) is 23.1. The topological polar surface area (TPSA) is 92.8 Å². The molecule has 2 aromatic carbocycles. The lowest BCUT2D eigenvalue weighted by atomic mass is 10.2. The predicted molar refractivity (Wildman–Crippen MR) is 120 cm³/mol. The number of ether oxygens (including phenoxy) is 1. The Bertz CT molecular complexity index is 1130. The van der Waals surface area contributed by atoms with Gasteiger partial charge in [-0.1, -0.05) is 28.4 Å². The molecule has 1 heterocycles. The molecule has 0 unspecified atom stereocenters. The first-order valence-electron chi connectivity index (χ1n) is 9.71. The molecule has 0 atom stereocenters. The third-order valence-corrected chi connectivity index (χ3v) is 8.68. The number of hydrogen-bond donors (Lipinski definition) is 1. The third kappa shape index (κ3) is 4.99. The van der Waals surface area contributed by atoms with E-state index in [1.807, 2.05) is 0 Å². The number of aryl methyl sites for hydroxylation is 1. The summed E-state index contributed by atoms with van der Waals surface area (Å²) in [5, 5.41) is 0. The van der Waals surface area contributed by atoms with E-state index in [2.05, 4.69) is 20.7 Å². The van der Waals surface area contributed by atoms with Crippen LogP contribution in [-0.4, -0.2) is 40.8 Å². The van der Waals surface area contributed by atoms with Crippen molar-refractivity contribution in [3.05, 3.63) is 46.4 Å². The molecule has 164 valence electrons. The molecule has 0 saturated carbocycles. The first-order chi connectivity index (χ1) is 14.1. The van der Waals surface area contributed by atoms with Gasteiger partial charge in [-0.3, -0.25) is 4.72 Å². The van der Waals surface area contributed by atoms with E-state index in [1.54, 1.807) is 32.0 Å². The number of rotatable bonds is 7. The quantitative estimate of drug-likeness (QED) is 0.596. The van der Waals surface area contributed by atoms with Crippen molar-refractivity contribution < 1.29 is 21.6 Å². The minimum absolute atomic E-state index is 0.0255. The Hall–Kier alpha value is -1.62. The highest BCUT2D eigenvalue weighted by Gasteiger charge is 2.27. The molecule has 0 amide bonds. The van der Waals surface area contributed by atoms with Gasteiger partial charge in [-0.15, -0.1) is 0 Å². The van der Waals surface area contributed by atoms with E-state index in [0.717, 1.165) is 19.3 Å². The lowest BCUT2D eigenvalue weighted by Gasteiger charge is -2.26. The minimum Gasteiger partial charge on any atom is -0.492 e. The van der Waals surface area contributed by atoms with Crippen LogP contribution in [0.1, 0.15) is 31.7 Å². The Morgan fingerprint density at radius 3 is 2.40 bits per heavy atom. The normalized spacial score (nSPS) is 15.7. The molecular formula is C20H25BrN2O5S2. The van der Waals surface area contributed by atoms with Crippen molar-refractivity contribution in [2.24, 2.45) is 0 Å². The van der Waals surface area contributed by atoms with Gasteiger partial charge in [0.15, 0.2) is 0 Å². The van der Waals surface area contributed by atoms with Gasteiger partial charge in [0, 0.05) is 17.6 Å². The standard InChI is InChI=1S/C20H25BrN2O5S2/c1-3-28-19-10-8-16(21)13-20(19)29(24,25)22-18-14-17(9-7-15(18)2)30(26,27)23-11-5-4-6-12-23/h7-10,13-14,22H,3-6,11-12H2,1-2H3. The van der Waals surface area contributed by atoms with Crippen LogP contribution in [0.5, 0.6) is 5.75 Å². The molecule has 1 saturated heterocycles. The monoisotopic (exact) mass is 516 g/mol.